The van der Waals surface area contributed by atoms with Crippen LogP contribution >= 0.6 is 12.4 Å². The molecule has 0 atom stereocenters. The molecule has 1 heterocycles. The Morgan fingerprint density at radius 3 is 2.64 bits per heavy atom. The van der Waals surface area contributed by atoms with Crippen LogP contribution in [0.3, 0.4) is 0 Å². The Bertz CT molecular complexity index is 831. The standard InChI is InChI=1S/C16H12N2O3.ClH/c19-14-6-5-11(9-15(14)20)16(21)10-18-8-7-17-12-3-1-2-4-13(12)18;/h1-9,17H,10H2;1H/p+1. The average molecular weight is 318 g/mol. The summed E-state index contributed by atoms with van der Waals surface area (Å²) < 4.78 is 1.80. The monoisotopic (exact) mass is 317 g/mol. The van der Waals surface area contributed by atoms with Crippen molar-refractivity contribution in [3.63, 3.8) is 0 Å². The molecule has 0 aliphatic rings. The zero-order chi connectivity index (χ0) is 14.8. The summed E-state index contributed by atoms with van der Waals surface area (Å²) in [7, 11) is 0. The summed E-state index contributed by atoms with van der Waals surface area (Å²) in [6.45, 7) is 0.132. The molecule has 0 saturated heterocycles. The van der Waals surface area contributed by atoms with Gasteiger partial charge in [-0.15, -0.1) is 12.4 Å². The van der Waals surface area contributed by atoms with Gasteiger partial charge in [0, 0.05) is 11.6 Å². The van der Waals surface area contributed by atoms with Crippen molar-refractivity contribution in [1.29, 1.82) is 0 Å². The van der Waals surface area contributed by atoms with Crippen molar-refractivity contribution in [3.05, 3.63) is 60.4 Å². The number of benzene rings is 2. The quantitative estimate of drug-likeness (QED) is 0.441. The lowest BCUT2D eigenvalue weighted by Gasteiger charge is -2.02. The van der Waals surface area contributed by atoms with Crippen molar-refractivity contribution >= 4 is 29.2 Å². The maximum atomic E-state index is 12.3. The van der Waals surface area contributed by atoms with Crippen LogP contribution in [0.4, 0.5) is 0 Å². The molecule has 1 aromatic heterocycles. The second kappa shape index (κ2) is 6.41. The molecule has 2 N–H and O–H groups in total. The zero-order valence-corrected chi connectivity index (χ0v) is 12.3. The number of hydrogen-bond donors (Lipinski definition) is 2. The lowest BCUT2D eigenvalue weighted by molar-refractivity contribution is -0.657. The SMILES string of the molecule is Cl.O=C(C[n+]1ccnc2ccccc21)c1ccc(O)c(O)c1. The molecule has 0 bridgehead atoms. The molecule has 2 aromatic carbocycles. The minimum Gasteiger partial charge on any atom is -0.504 e. The average Bonchev–Trinajstić information content (AvgIpc) is 2.50. The van der Waals surface area contributed by atoms with Gasteiger partial charge in [0.25, 0.3) is 0 Å². The van der Waals surface area contributed by atoms with Crippen molar-refractivity contribution in [2.45, 2.75) is 6.54 Å². The van der Waals surface area contributed by atoms with Crippen molar-refractivity contribution in [1.82, 2.24) is 4.98 Å². The predicted molar refractivity (Wildman–Crippen MR) is 83.3 cm³/mol. The number of Topliss-reactive ketones (excluding diaryl/α,β-unsaturated/α-hetero) is 1. The normalized spacial score (nSPS) is 10.2. The molecule has 0 fully saturated rings. The summed E-state index contributed by atoms with van der Waals surface area (Å²) in [4.78, 5) is 16.5. The number of carbonyl (C=O) groups excluding carboxylic acids is 1. The second-order valence-corrected chi connectivity index (χ2v) is 4.67. The van der Waals surface area contributed by atoms with Gasteiger partial charge < -0.3 is 10.2 Å². The van der Waals surface area contributed by atoms with Gasteiger partial charge in [-0.3, -0.25) is 4.79 Å². The minimum absolute atomic E-state index is 0. The van der Waals surface area contributed by atoms with Crippen molar-refractivity contribution in [3.8, 4) is 11.5 Å². The maximum absolute atomic E-state index is 12.3. The number of rotatable bonds is 3. The third kappa shape index (κ3) is 2.99. The van der Waals surface area contributed by atoms with E-state index in [0.717, 1.165) is 11.0 Å². The Labute approximate surface area is 132 Å². The summed E-state index contributed by atoms with van der Waals surface area (Å²) in [5.41, 5.74) is 2.01. The van der Waals surface area contributed by atoms with E-state index in [1.54, 1.807) is 17.0 Å². The number of ketones is 1. The summed E-state index contributed by atoms with van der Waals surface area (Å²) >= 11 is 0. The number of fused-ring (bicyclic) bond motifs is 1. The van der Waals surface area contributed by atoms with Gasteiger partial charge in [-0.2, -0.15) is 4.57 Å². The second-order valence-electron chi connectivity index (χ2n) is 4.67. The van der Waals surface area contributed by atoms with Crippen LogP contribution in [0.25, 0.3) is 11.0 Å². The third-order valence-corrected chi connectivity index (χ3v) is 3.26. The van der Waals surface area contributed by atoms with Crippen molar-refractivity contribution in [2.24, 2.45) is 0 Å². The van der Waals surface area contributed by atoms with E-state index in [0.29, 0.717) is 5.56 Å². The van der Waals surface area contributed by atoms with E-state index in [-0.39, 0.29) is 36.2 Å². The Kier molecular flexibility index (Phi) is 4.58. The van der Waals surface area contributed by atoms with Crippen LogP contribution in [0.1, 0.15) is 10.4 Å². The number of nitrogens with zero attached hydrogens (tertiary/aromatic N) is 2. The number of para-hydroxylation sites is 2. The molecular formula is C16H14ClN2O3+. The first kappa shape index (κ1) is 15.7. The van der Waals surface area contributed by atoms with Gasteiger partial charge in [0.1, 0.15) is 5.52 Å². The largest absolute Gasteiger partial charge is 0.504 e. The minimum atomic E-state index is -0.301. The molecule has 0 saturated carbocycles. The number of phenols is 2. The van der Waals surface area contributed by atoms with Gasteiger partial charge in [-0.1, -0.05) is 12.1 Å². The van der Waals surface area contributed by atoms with Crippen LogP contribution < -0.4 is 4.57 Å². The molecule has 112 valence electrons. The molecule has 0 radical (unpaired) electrons. The highest BCUT2D eigenvalue weighted by Gasteiger charge is 2.16. The molecule has 0 unspecified atom stereocenters. The van der Waals surface area contributed by atoms with Gasteiger partial charge in [0.05, 0.1) is 6.20 Å². The van der Waals surface area contributed by atoms with E-state index >= 15 is 0 Å². The Morgan fingerprint density at radius 1 is 1.09 bits per heavy atom. The molecule has 5 nitrogen and oxygen atoms in total. The van der Waals surface area contributed by atoms with E-state index in [1.807, 2.05) is 24.3 Å². The fourth-order valence-corrected chi connectivity index (χ4v) is 2.17. The van der Waals surface area contributed by atoms with E-state index in [1.165, 1.54) is 18.2 Å². The maximum Gasteiger partial charge on any atom is 0.231 e. The third-order valence-electron chi connectivity index (χ3n) is 3.26. The van der Waals surface area contributed by atoms with Crippen LogP contribution in [0.5, 0.6) is 11.5 Å². The fourth-order valence-electron chi connectivity index (χ4n) is 2.17. The molecule has 3 aromatic rings. The Hall–Kier alpha value is -2.66. The number of hydrogen-bond acceptors (Lipinski definition) is 4. The molecule has 0 amide bonds. The highest BCUT2D eigenvalue weighted by Crippen LogP contribution is 2.25. The summed E-state index contributed by atoms with van der Waals surface area (Å²) in [5.74, 6) is -0.703. The van der Waals surface area contributed by atoms with Gasteiger partial charge in [-0.05, 0) is 24.3 Å². The predicted octanol–water partition coefficient (Wildman–Crippen LogP) is 2.24. The van der Waals surface area contributed by atoms with Crippen LogP contribution in [-0.4, -0.2) is 21.0 Å². The summed E-state index contributed by atoms with van der Waals surface area (Å²) in [5, 5.41) is 18.7. The van der Waals surface area contributed by atoms with Crippen molar-refractivity contribution in [2.75, 3.05) is 0 Å². The number of carbonyl (C=O) groups is 1. The number of halogens is 1. The Morgan fingerprint density at radius 2 is 1.86 bits per heavy atom. The van der Waals surface area contributed by atoms with Gasteiger partial charge in [0.15, 0.2) is 17.7 Å². The first-order valence-corrected chi connectivity index (χ1v) is 6.43. The number of aromatic nitrogens is 2. The summed E-state index contributed by atoms with van der Waals surface area (Å²) in [6.07, 6.45) is 3.38. The highest BCUT2D eigenvalue weighted by atomic mass is 35.5. The van der Waals surface area contributed by atoms with Crippen LogP contribution in [0, 0.1) is 0 Å². The smallest absolute Gasteiger partial charge is 0.231 e. The molecule has 22 heavy (non-hydrogen) atoms. The van der Waals surface area contributed by atoms with E-state index in [2.05, 4.69) is 4.98 Å². The van der Waals surface area contributed by atoms with Crippen LogP contribution in [0.15, 0.2) is 54.9 Å². The van der Waals surface area contributed by atoms with E-state index in [9.17, 15) is 15.0 Å². The van der Waals surface area contributed by atoms with Crippen LogP contribution in [0.2, 0.25) is 0 Å². The fraction of sp³-hybridized carbons (Fsp3) is 0.0625. The lowest BCUT2D eigenvalue weighted by atomic mass is 10.1. The van der Waals surface area contributed by atoms with Crippen molar-refractivity contribution < 1.29 is 19.6 Å². The summed E-state index contributed by atoms with van der Waals surface area (Å²) in [6, 6.07) is 11.6. The first-order chi connectivity index (χ1) is 10.1. The van der Waals surface area contributed by atoms with Gasteiger partial charge >= 0.3 is 0 Å². The van der Waals surface area contributed by atoms with Crippen LogP contribution in [-0.2, 0) is 6.54 Å². The molecule has 6 heteroatoms. The highest BCUT2D eigenvalue weighted by molar-refractivity contribution is 5.95. The van der Waals surface area contributed by atoms with E-state index in [4.69, 9.17) is 0 Å². The number of aromatic hydroxyl groups is 2. The molecule has 0 spiro atoms. The first-order valence-electron chi connectivity index (χ1n) is 6.43. The van der Waals surface area contributed by atoms with E-state index < -0.39 is 0 Å². The Balaban J connectivity index is 0.00000176. The molecule has 0 aliphatic heterocycles. The molecule has 0 aliphatic carbocycles. The molecular weight excluding hydrogens is 304 g/mol. The van der Waals surface area contributed by atoms with Gasteiger partial charge in [0.2, 0.25) is 17.8 Å². The topological polar surface area (TPSA) is 74.3 Å². The van der Waals surface area contributed by atoms with Gasteiger partial charge in [-0.25, -0.2) is 4.98 Å². The lowest BCUT2D eigenvalue weighted by Crippen LogP contribution is -2.38. The number of phenolic OH excluding ortho intramolecular Hbond substituents is 2. The zero-order valence-electron chi connectivity index (χ0n) is 11.5. The molecule has 3 rings (SSSR count).